The van der Waals surface area contributed by atoms with E-state index in [0.717, 1.165) is 27.7 Å². The minimum atomic E-state index is -0.268. The predicted octanol–water partition coefficient (Wildman–Crippen LogP) is 5.24. The lowest BCUT2D eigenvalue weighted by Crippen LogP contribution is -2.09. The van der Waals surface area contributed by atoms with Crippen LogP contribution in [0.25, 0.3) is 33.2 Å². The van der Waals surface area contributed by atoms with Gasteiger partial charge >= 0.3 is 0 Å². The van der Waals surface area contributed by atoms with Crippen LogP contribution in [0.15, 0.2) is 61.1 Å². The molecule has 5 aromatic rings. The average molecular weight is 414 g/mol. The van der Waals surface area contributed by atoms with Gasteiger partial charge in [-0.05, 0) is 61.4 Å². The molecule has 0 fully saturated rings. The number of fused-ring (bicyclic) bond motifs is 2. The van der Waals surface area contributed by atoms with Gasteiger partial charge < -0.3 is 15.0 Å². The highest BCUT2D eigenvalue weighted by molar-refractivity contribution is 5.96. The number of pyridine rings is 1. The van der Waals surface area contributed by atoms with Gasteiger partial charge in [0.05, 0.1) is 17.9 Å². The summed E-state index contributed by atoms with van der Waals surface area (Å²) in [7, 11) is 0. The molecule has 5 rings (SSSR count). The number of aromatic nitrogens is 5. The first-order valence-corrected chi connectivity index (χ1v) is 9.86. The van der Waals surface area contributed by atoms with Crippen LogP contribution in [0.3, 0.4) is 0 Å². The van der Waals surface area contributed by atoms with Crippen LogP contribution in [0.4, 0.5) is 16.0 Å². The Kier molecular flexibility index (Phi) is 4.66. The zero-order valence-corrected chi connectivity index (χ0v) is 16.9. The first-order valence-electron chi connectivity index (χ1n) is 9.86. The van der Waals surface area contributed by atoms with E-state index in [-0.39, 0.29) is 11.9 Å². The Morgan fingerprint density at radius 2 is 1.84 bits per heavy atom. The zero-order valence-electron chi connectivity index (χ0n) is 16.9. The molecule has 0 unspecified atom stereocenters. The van der Waals surface area contributed by atoms with Gasteiger partial charge in [-0.2, -0.15) is 9.97 Å². The Morgan fingerprint density at radius 1 is 1.00 bits per heavy atom. The topological polar surface area (TPSA) is 88.6 Å². The number of rotatable bonds is 5. The molecule has 2 aromatic carbocycles. The van der Waals surface area contributed by atoms with Gasteiger partial charge in [0.25, 0.3) is 0 Å². The summed E-state index contributed by atoms with van der Waals surface area (Å²) >= 11 is 0. The van der Waals surface area contributed by atoms with Gasteiger partial charge in [0.15, 0.2) is 11.2 Å². The number of imidazole rings is 1. The molecule has 0 amide bonds. The molecule has 2 N–H and O–H groups in total. The van der Waals surface area contributed by atoms with Crippen LogP contribution >= 0.6 is 0 Å². The van der Waals surface area contributed by atoms with Gasteiger partial charge in [-0.3, -0.25) is 4.98 Å². The number of halogens is 1. The van der Waals surface area contributed by atoms with E-state index >= 15 is 0 Å². The third-order valence-electron chi connectivity index (χ3n) is 4.75. The number of hydrogen-bond donors (Lipinski definition) is 2. The van der Waals surface area contributed by atoms with Gasteiger partial charge in [0.2, 0.25) is 11.8 Å². The number of nitrogens with zero attached hydrogens (tertiary/aromatic N) is 4. The summed E-state index contributed by atoms with van der Waals surface area (Å²) in [6.45, 7) is 3.86. The molecular weight excluding hydrogens is 395 g/mol. The minimum absolute atomic E-state index is 0.0485. The summed E-state index contributed by atoms with van der Waals surface area (Å²) in [5.41, 5.74) is 4.67. The highest BCUT2D eigenvalue weighted by Gasteiger charge is 2.13. The molecule has 3 heterocycles. The maximum atomic E-state index is 13.4. The monoisotopic (exact) mass is 414 g/mol. The maximum absolute atomic E-state index is 13.4. The van der Waals surface area contributed by atoms with Crippen LogP contribution in [-0.4, -0.2) is 31.0 Å². The fourth-order valence-electron chi connectivity index (χ4n) is 3.40. The van der Waals surface area contributed by atoms with Crippen LogP contribution in [0.5, 0.6) is 5.88 Å². The first-order chi connectivity index (χ1) is 15.1. The van der Waals surface area contributed by atoms with E-state index in [2.05, 4.69) is 30.2 Å². The molecule has 0 saturated heterocycles. The normalized spacial score (nSPS) is 11.4. The Morgan fingerprint density at radius 3 is 2.65 bits per heavy atom. The van der Waals surface area contributed by atoms with Crippen LogP contribution < -0.4 is 10.1 Å². The van der Waals surface area contributed by atoms with Gasteiger partial charge in [-0.15, -0.1) is 0 Å². The Balaban J connectivity index is 1.55. The second kappa shape index (κ2) is 7.64. The number of H-pyrrole nitrogens is 1. The van der Waals surface area contributed by atoms with E-state index in [1.165, 1.54) is 12.1 Å². The lowest BCUT2D eigenvalue weighted by molar-refractivity contribution is 0.235. The van der Waals surface area contributed by atoms with E-state index in [1.54, 1.807) is 24.7 Å². The van der Waals surface area contributed by atoms with Gasteiger partial charge in [0, 0.05) is 17.3 Å². The van der Waals surface area contributed by atoms with Gasteiger partial charge in [-0.1, -0.05) is 12.1 Å². The van der Waals surface area contributed by atoms with E-state index in [0.29, 0.717) is 23.0 Å². The van der Waals surface area contributed by atoms with Crippen LogP contribution in [0, 0.1) is 5.82 Å². The Bertz CT molecular complexity index is 1380. The van der Waals surface area contributed by atoms with Crippen molar-refractivity contribution in [1.29, 1.82) is 0 Å². The maximum Gasteiger partial charge on any atom is 0.247 e. The van der Waals surface area contributed by atoms with Crippen molar-refractivity contribution in [3.8, 4) is 17.0 Å². The predicted molar refractivity (Wildman–Crippen MR) is 118 cm³/mol. The van der Waals surface area contributed by atoms with E-state index in [9.17, 15) is 4.39 Å². The van der Waals surface area contributed by atoms with Crippen molar-refractivity contribution in [3.63, 3.8) is 0 Å². The van der Waals surface area contributed by atoms with E-state index < -0.39 is 0 Å². The van der Waals surface area contributed by atoms with Crippen molar-refractivity contribution in [3.05, 3.63) is 66.9 Å². The first kappa shape index (κ1) is 18.9. The molecule has 0 aliphatic rings. The molecule has 0 aliphatic heterocycles. The van der Waals surface area contributed by atoms with Gasteiger partial charge in [-0.25, -0.2) is 9.37 Å². The smallest absolute Gasteiger partial charge is 0.247 e. The van der Waals surface area contributed by atoms with Crippen LogP contribution in [-0.2, 0) is 0 Å². The SMILES string of the molecule is CC(C)Oc1nc(Nc2ccc3nccc(-c4ccc(F)cc4)c3c2)nc2[nH]cnc12. The molecule has 0 aliphatic carbocycles. The fraction of sp³-hybridized carbons (Fsp3) is 0.130. The second-order valence-corrected chi connectivity index (χ2v) is 7.34. The Labute approximate surface area is 177 Å². The fourth-order valence-corrected chi connectivity index (χ4v) is 3.40. The standard InChI is InChI=1S/C23H19FN6O/c1-13(2)31-22-20-21(27-12-26-20)29-23(30-22)28-16-7-8-19-18(11-16)17(9-10-25-19)14-3-5-15(24)6-4-14/h3-13H,1-2H3,(H2,26,27,28,29,30). The van der Waals surface area contributed by atoms with Crippen molar-refractivity contribution < 1.29 is 9.13 Å². The largest absolute Gasteiger partial charge is 0.473 e. The highest BCUT2D eigenvalue weighted by Crippen LogP contribution is 2.31. The quantitative estimate of drug-likeness (QED) is 0.409. The number of ether oxygens (including phenoxy) is 1. The molecule has 0 saturated carbocycles. The van der Waals surface area contributed by atoms with Crippen molar-refractivity contribution in [1.82, 2.24) is 24.9 Å². The molecule has 7 nitrogen and oxygen atoms in total. The molecule has 31 heavy (non-hydrogen) atoms. The van der Waals surface area contributed by atoms with Crippen molar-refractivity contribution in [2.45, 2.75) is 20.0 Å². The summed E-state index contributed by atoms with van der Waals surface area (Å²) in [4.78, 5) is 20.7. The molecule has 154 valence electrons. The van der Waals surface area contributed by atoms with Crippen molar-refractivity contribution >= 4 is 33.7 Å². The molecular formula is C23H19FN6O. The number of benzene rings is 2. The summed E-state index contributed by atoms with van der Waals surface area (Å²) in [5, 5.41) is 4.17. The molecule has 0 spiro atoms. The van der Waals surface area contributed by atoms with Crippen molar-refractivity contribution in [2.75, 3.05) is 5.32 Å². The Hall–Kier alpha value is -4.07. The average Bonchev–Trinajstić information content (AvgIpc) is 3.23. The second-order valence-electron chi connectivity index (χ2n) is 7.34. The van der Waals surface area contributed by atoms with Gasteiger partial charge in [0.1, 0.15) is 5.82 Å². The minimum Gasteiger partial charge on any atom is -0.473 e. The zero-order chi connectivity index (χ0) is 21.4. The summed E-state index contributed by atoms with van der Waals surface area (Å²) < 4.78 is 19.2. The van der Waals surface area contributed by atoms with Crippen LogP contribution in [0.1, 0.15) is 13.8 Å². The molecule has 0 atom stereocenters. The lowest BCUT2D eigenvalue weighted by atomic mass is 10.0. The number of anilines is 2. The number of hydrogen-bond acceptors (Lipinski definition) is 6. The molecule has 8 heteroatoms. The summed E-state index contributed by atoms with van der Waals surface area (Å²) in [6, 6.07) is 14.1. The number of aromatic amines is 1. The molecule has 0 radical (unpaired) electrons. The van der Waals surface area contributed by atoms with E-state index in [1.807, 2.05) is 38.1 Å². The summed E-state index contributed by atoms with van der Waals surface area (Å²) in [6.07, 6.45) is 3.26. The van der Waals surface area contributed by atoms with Crippen LogP contribution in [0.2, 0.25) is 0 Å². The third-order valence-corrected chi connectivity index (χ3v) is 4.75. The molecule has 3 aromatic heterocycles. The molecule has 0 bridgehead atoms. The van der Waals surface area contributed by atoms with E-state index in [4.69, 9.17) is 4.74 Å². The highest BCUT2D eigenvalue weighted by atomic mass is 19.1. The lowest BCUT2D eigenvalue weighted by Gasteiger charge is -2.12. The number of nitrogens with one attached hydrogen (secondary N) is 2. The third kappa shape index (κ3) is 3.75. The van der Waals surface area contributed by atoms with Crippen molar-refractivity contribution in [2.24, 2.45) is 0 Å². The summed E-state index contributed by atoms with van der Waals surface area (Å²) in [5.74, 6) is 0.535.